The molecule has 0 bridgehead atoms. The summed E-state index contributed by atoms with van der Waals surface area (Å²) in [5, 5.41) is 3.28. The predicted octanol–water partition coefficient (Wildman–Crippen LogP) is 0.595. The molecular formula is C12H13FN4OS. The average Bonchev–Trinajstić information content (AvgIpc) is 2.87. The number of rotatable bonds is 2. The smallest absolute Gasteiger partial charge is 0.233 e. The predicted molar refractivity (Wildman–Crippen MR) is 71.7 cm³/mol. The third-order valence-corrected chi connectivity index (χ3v) is 4.03. The Balaban J connectivity index is 1.67. The number of amides is 1. The quantitative estimate of drug-likeness (QED) is 0.742. The van der Waals surface area contributed by atoms with Crippen LogP contribution in [0.5, 0.6) is 0 Å². The van der Waals surface area contributed by atoms with Crippen molar-refractivity contribution in [3.05, 3.63) is 35.6 Å². The monoisotopic (exact) mass is 280 g/mol. The van der Waals surface area contributed by atoms with Crippen molar-refractivity contribution >= 4 is 22.8 Å². The van der Waals surface area contributed by atoms with Gasteiger partial charge in [0.15, 0.2) is 5.17 Å². The SMILES string of the molecule is O=C1NC(SCc2ccccc2F)=NC2NNCC12. The first-order valence-electron chi connectivity index (χ1n) is 5.97. The molecule has 2 aliphatic rings. The van der Waals surface area contributed by atoms with Gasteiger partial charge in [-0.05, 0) is 11.6 Å². The molecule has 5 nitrogen and oxygen atoms in total. The molecule has 7 heteroatoms. The average molecular weight is 280 g/mol. The molecule has 1 fully saturated rings. The number of aliphatic imine (C=N–C) groups is 1. The number of thioether (sulfide) groups is 1. The normalized spacial score (nSPS) is 25.7. The summed E-state index contributed by atoms with van der Waals surface area (Å²) in [6, 6.07) is 6.60. The van der Waals surface area contributed by atoms with Crippen LogP contribution in [0.15, 0.2) is 29.3 Å². The Morgan fingerprint density at radius 2 is 2.26 bits per heavy atom. The molecule has 1 amide bonds. The van der Waals surface area contributed by atoms with Crippen LogP contribution in [0.2, 0.25) is 0 Å². The van der Waals surface area contributed by atoms with Crippen molar-refractivity contribution in [1.82, 2.24) is 16.2 Å². The summed E-state index contributed by atoms with van der Waals surface area (Å²) in [6.45, 7) is 0.575. The Morgan fingerprint density at radius 3 is 3.11 bits per heavy atom. The molecule has 0 saturated carbocycles. The Kier molecular flexibility index (Phi) is 3.50. The van der Waals surface area contributed by atoms with Gasteiger partial charge in [0.1, 0.15) is 12.0 Å². The highest BCUT2D eigenvalue weighted by atomic mass is 32.2. The highest BCUT2D eigenvalue weighted by Crippen LogP contribution is 2.21. The molecule has 2 heterocycles. The van der Waals surface area contributed by atoms with Crippen LogP contribution < -0.4 is 16.2 Å². The number of halogens is 1. The van der Waals surface area contributed by atoms with Gasteiger partial charge in [-0.1, -0.05) is 30.0 Å². The molecule has 1 saturated heterocycles. The lowest BCUT2D eigenvalue weighted by atomic mass is 10.1. The van der Waals surface area contributed by atoms with Crippen molar-refractivity contribution in [2.24, 2.45) is 10.9 Å². The molecule has 0 aliphatic carbocycles. The summed E-state index contributed by atoms with van der Waals surface area (Å²) in [4.78, 5) is 16.2. The largest absolute Gasteiger partial charge is 0.305 e. The van der Waals surface area contributed by atoms with Gasteiger partial charge < -0.3 is 5.32 Å². The van der Waals surface area contributed by atoms with Gasteiger partial charge in [0, 0.05) is 12.3 Å². The second kappa shape index (κ2) is 5.28. The van der Waals surface area contributed by atoms with Gasteiger partial charge in [-0.3, -0.25) is 10.2 Å². The Morgan fingerprint density at radius 1 is 1.42 bits per heavy atom. The van der Waals surface area contributed by atoms with Gasteiger partial charge in [0.05, 0.1) is 5.92 Å². The first kappa shape index (κ1) is 12.6. The van der Waals surface area contributed by atoms with Crippen molar-refractivity contribution < 1.29 is 9.18 Å². The van der Waals surface area contributed by atoms with E-state index in [4.69, 9.17) is 0 Å². The molecular weight excluding hydrogens is 267 g/mol. The Labute approximate surface area is 114 Å². The van der Waals surface area contributed by atoms with E-state index >= 15 is 0 Å². The summed E-state index contributed by atoms with van der Waals surface area (Å²) in [6.07, 6.45) is -0.225. The van der Waals surface area contributed by atoms with Gasteiger partial charge in [-0.15, -0.1) is 0 Å². The van der Waals surface area contributed by atoms with E-state index < -0.39 is 0 Å². The molecule has 100 valence electrons. The highest BCUT2D eigenvalue weighted by Gasteiger charge is 2.36. The first-order chi connectivity index (χ1) is 9.24. The number of carbonyl (C=O) groups is 1. The lowest BCUT2D eigenvalue weighted by Gasteiger charge is -2.22. The Hall–Kier alpha value is -1.44. The standard InChI is InChI=1S/C12H13FN4OS/c13-9-4-2-1-3-7(9)6-19-12-15-10-8(5-14-17-10)11(18)16-12/h1-4,8,10,14,17H,5-6H2,(H,15,16,18). The van der Waals surface area contributed by atoms with E-state index in [1.165, 1.54) is 17.8 Å². The first-order valence-corrected chi connectivity index (χ1v) is 6.96. The summed E-state index contributed by atoms with van der Waals surface area (Å²) in [7, 11) is 0. The van der Waals surface area contributed by atoms with Crippen LogP contribution in [0.25, 0.3) is 0 Å². The van der Waals surface area contributed by atoms with E-state index in [1.807, 2.05) is 0 Å². The molecule has 0 aromatic heterocycles. The zero-order valence-corrected chi connectivity index (χ0v) is 10.8. The van der Waals surface area contributed by atoms with E-state index in [0.29, 0.717) is 23.0 Å². The van der Waals surface area contributed by atoms with Crippen molar-refractivity contribution in [1.29, 1.82) is 0 Å². The fraction of sp³-hybridized carbons (Fsp3) is 0.333. The second-order valence-electron chi connectivity index (χ2n) is 4.38. The number of hydrazine groups is 1. The van der Waals surface area contributed by atoms with E-state index in [1.54, 1.807) is 18.2 Å². The molecule has 1 aromatic rings. The number of hydrogen-bond donors (Lipinski definition) is 3. The number of nitrogens with zero attached hydrogens (tertiary/aromatic N) is 1. The summed E-state index contributed by atoms with van der Waals surface area (Å²) in [5.74, 6) is -0.0148. The molecule has 2 unspecified atom stereocenters. The van der Waals surface area contributed by atoms with Crippen LogP contribution in [-0.2, 0) is 10.5 Å². The maximum absolute atomic E-state index is 13.5. The van der Waals surface area contributed by atoms with E-state index in [-0.39, 0.29) is 23.8 Å². The summed E-state index contributed by atoms with van der Waals surface area (Å²) < 4.78 is 13.5. The zero-order chi connectivity index (χ0) is 13.2. The zero-order valence-electron chi connectivity index (χ0n) is 10.0. The summed E-state index contributed by atoms with van der Waals surface area (Å²) >= 11 is 1.33. The van der Waals surface area contributed by atoms with Gasteiger partial charge in [-0.2, -0.15) is 0 Å². The molecule has 0 radical (unpaired) electrons. The molecule has 3 N–H and O–H groups in total. The van der Waals surface area contributed by atoms with Gasteiger partial charge >= 0.3 is 0 Å². The van der Waals surface area contributed by atoms with Gasteiger partial charge in [-0.25, -0.2) is 14.8 Å². The van der Waals surface area contributed by atoms with Crippen molar-refractivity contribution in [3.63, 3.8) is 0 Å². The minimum Gasteiger partial charge on any atom is -0.305 e. The van der Waals surface area contributed by atoms with Gasteiger partial charge in [0.2, 0.25) is 5.91 Å². The third-order valence-electron chi connectivity index (χ3n) is 3.10. The molecule has 0 spiro atoms. The van der Waals surface area contributed by atoms with Crippen LogP contribution in [-0.4, -0.2) is 23.8 Å². The lowest BCUT2D eigenvalue weighted by molar-refractivity contribution is -0.123. The van der Waals surface area contributed by atoms with Crippen LogP contribution in [0, 0.1) is 11.7 Å². The van der Waals surface area contributed by atoms with Crippen LogP contribution >= 0.6 is 11.8 Å². The fourth-order valence-electron chi connectivity index (χ4n) is 2.04. The van der Waals surface area contributed by atoms with Crippen LogP contribution in [0.3, 0.4) is 0 Å². The number of benzene rings is 1. The third kappa shape index (κ3) is 2.63. The number of nitrogens with one attached hydrogen (secondary N) is 3. The van der Waals surface area contributed by atoms with E-state index in [0.717, 1.165) is 0 Å². The molecule has 2 atom stereocenters. The molecule has 2 aliphatic heterocycles. The number of hydrogen-bond acceptors (Lipinski definition) is 5. The van der Waals surface area contributed by atoms with Gasteiger partial charge in [0.25, 0.3) is 0 Å². The van der Waals surface area contributed by atoms with Crippen LogP contribution in [0.4, 0.5) is 4.39 Å². The van der Waals surface area contributed by atoms with Crippen LogP contribution in [0.1, 0.15) is 5.56 Å². The molecule has 1 aromatic carbocycles. The topological polar surface area (TPSA) is 65.5 Å². The van der Waals surface area contributed by atoms with Crippen molar-refractivity contribution in [2.45, 2.75) is 11.9 Å². The number of carbonyl (C=O) groups excluding carboxylic acids is 1. The van der Waals surface area contributed by atoms with Crippen molar-refractivity contribution in [2.75, 3.05) is 6.54 Å². The molecule has 3 rings (SSSR count). The van der Waals surface area contributed by atoms with E-state index in [2.05, 4.69) is 21.2 Å². The number of amidine groups is 1. The van der Waals surface area contributed by atoms with E-state index in [9.17, 15) is 9.18 Å². The van der Waals surface area contributed by atoms with Crippen molar-refractivity contribution in [3.8, 4) is 0 Å². The Bertz CT molecular complexity index is 536. The fourth-order valence-corrected chi connectivity index (χ4v) is 2.92. The minimum absolute atomic E-state index is 0.0477. The minimum atomic E-state index is -0.240. The summed E-state index contributed by atoms with van der Waals surface area (Å²) in [5.41, 5.74) is 6.45. The molecule has 19 heavy (non-hydrogen) atoms. The maximum Gasteiger partial charge on any atom is 0.233 e. The number of fused-ring (bicyclic) bond motifs is 1. The maximum atomic E-state index is 13.5. The highest BCUT2D eigenvalue weighted by molar-refractivity contribution is 8.13. The lowest BCUT2D eigenvalue weighted by Crippen LogP contribution is -2.46. The second-order valence-corrected chi connectivity index (χ2v) is 5.34.